The molecule has 3 aliphatic rings. The highest BCUT2D eigenvalue weighted by molar-refractivity contribution is 6.03. The van der Waals surface area contributed by atoms with Crippen LogP contribution in [0.15, 0.2) is 55.6 Å². The first-order valence-electron chi connectivity index (χ1n) is 16.9. The predicted octanol–water partition coefficient (Wildman–Crippen LogP) is 5.85. The average Bonchev–Trinajstić information content (AvgIpc) is 3.48. The van der Waals surface area contributed by atoms with Crippen LogP contribution in [0.25, 0.3) is 0 Å². The molecule has 1 N–H and O–H groups in total. The van der Waals surface area contributed by atoms with Gasteiger partial charge in [-0.2, -0.15) is 0 Å². The fourth-order valence-corrected chi connectivity index (χ4v) is 9.08. The highest BCUT2D eigenvalue weighted by Gasteiger charge is 2.80. The minimum absolute atomic E-state index is 0.0751. The number of benzene rings is 1. The maximum Gasteiger partial charge on any atom is 0.249 e. The minimum atomic E-state index is -1.22. The van der Waals surface area contributed by atoms with Crippen molar-refractivity contribution >= 4 is 23.4 Å². The van der Waals surface area contributed by atoms with Crippen LogP contribution >= 0.6 is 0 Å². The van der Waals surface area contributed by atoms with Gasteiger partial charge in [0.2, 0.25) is 17.7 Å². The van der Waals surface area contributed by atoms with E-state index in [0.29, 0.717) is 25.1 Å². The Morgan fingerprint density at radius 1 is 1.09 bits per heavy atom. The van der Waals surface area contributed by atoms with E-state index in [1.54, 1.807) is 22.0 Å². The summed E-state index contributed by atoms with van der Waals surface area (Å²) in [6, 6.07) is 7.81. The Kier molecular flexibility index (Phi) is 10.1. The molecule has 3 unspecified atom stereocenters. The zero-order valence-electron chi connectivity index (χ0n) is 29.6. The second kappa shape index (κ2) is 12.9. The molecule has 1 spiro atoms. The van der Waals surface area contributed by atoms with E-state index >= 15 is 4.79 Å². The van der Waals surface area contributed by atoms with Crippen LogP contribution in [0.1, 0.15) is 81.6 Å². The van der Waals surface area contributed by atoms with Gasteiger partial charge < -0.3 is 24.5 Å². The lowest BCUT2D eigenvalue weighted by Crippen LogP contribution is -2.62. The van der Waals surface area contributed by atoms with Crippen LogP contribution < -0.4 is 4.90 Å². The van der Waals surface area contributed by atoms with Gasteiger partial charge in [0, 0.05) is 24.3 Å². The Morgan fingerprint density at radius 2 is 1.70 bits per heavy atom. The number of nitrogens with zero attached hydrogens (tertiary/aromatic N) is 3. The molecule has 254 valence electrons. The van der Waals surface area contributed by atoms with Crippen molar-refractivity contribution in [2.75, 3.05) is 24.6 Å². The second-order valence-corrected chi connectivity index (χ2v) is 16.3. The predicted molar refractivity (Wildman–Crippen MR) is 183 cm³/mol. The maximum atomic E-state index is 15.2. The Labute approximate surface area is 276 Å². The summed E-state index contributed by atoms with van der Waals surface area (Å²) in [5, 5.41) is 10.8. The van der Waals surface area contributed by atoms with Crippen molar-refractivity contribution in [2.45, 2.75) is 110 Å². The lowest BCUT2D eigenvalue weighted by molar-refractivity contribution is -0.159. The third-order valence-corrected chi connectivity index (χ3v) is 10.5. The van der Waals surface area contributed by atoms with Gasteiger partial charge in [-0.3, -0.25) is 14.4 Å². The SMILES string of the molecule is C=CCN(C(=O)[C@H]1[C@H]2C(=O)N([C@@H](CO)CC(C)C)C(C(=O)N(CC=C)C(C)(C)CC(C)(C)C)C23CC(C)[C@]1(C)O3)c1ccccc1. The Bertz CT molecular complexity index is 1320. The first-order chi connectivity index (χ1) is 21.4. The highest BCUT2D eigenvalue weighted by atomic mass is 16.5. The van der Waals surface area contributed by atoms with Crippen LogP contribution in [0.4, 0.5) is 5.69 Å². The monoisotopic (exact) mass is 635 g/mol. The molecule has 8 heteroatoms. The Morgan fingerprint density at radius 3 is 2.22 bits per heavy atom. The van der Waals surface area contributed by atoms with Crippen LogP contribution in [0, 0.1) is 29.1 Å². The standard InChI is InChI=1S/C38H57N3O5/c1-12-19-39(27-17-15-14-16-18-27)32(43)29-30-33(44)41(28(23-42)21-25(3)4)31(38(30)22-26(5)37(29,11)46-38)34(45)40(20-13-2)36(9,10)24-35(6,7)8/h12-18,25-26,28-31,42H,1-2,19-24H2,3-11H3/t26?,28-,29-,30+,31?,37+,38?/m1/s1. The number of likely N-dealkylation sites (tertiary alicyclic amines) is 1. The van der Waals surface area contributed by atoms with Crippen LogP contribution in [0.3, 0.4) is 0 Å². The number of carbonyl (C=O) groups excluding carboxylic acids is 3. The molecule has 4 rings (SSSR count). The summed E-state index contributed by atoms with van der Waals surface area (Å²) in [6.45, 7) is 26.8. The molecule has 0 aliphatic carbocycles. The van der Waals surface area contributed by atoms with Crippen LogP contribution in [-0.2, 0) is 19.1 Å². The molecule has 3 heterocycles. The van der Waals surface area contributed by atoms with Gasteiger partial charge >= 0.3 is 0 Å². The number of rotatable bonds is 13. The molecular weight excluding hydrogens is 578 g/mol. The lowest BCUT2D eigenvalue weighted by atomic mass is 9.62. The van der Waals surface area contributed by atoms with E-state index in [9.17, 15) is 14.7 Å². The molecule has 0 radical (unpaired) electrons. The van der Waals surface area contributed by atoms with Crippen molar-refractivity contribution in [1.29, 1.82) is 0 Å². The highest BCUT2D eigenvalue weighted by Crippen LogP contribution is 2.66. The van der Waals surface area contributed by atoms with Gasteiger partial charge in [-0.15, -0.1) is 13.2 Å². The number of fused-ring (bicyclic) bond motifs is 1. The van der Waals surface area contributed by atoms with Gasteiger partial charge in [0.1, 0.15) is 11.6 Å². The van der Waals surface area contributed by atoms with Crippen molar-refractivity contribution in [3.63, 3.8) is 0 Å². The number of anilines is 1. The quantitative estimate of drug-likeness (QED) is 0.275. The molecule has 46 heavy (non-hydrogen) atoms. The molecule has 1 aromatic carbocycles. The summed E-state index contributed by atoms with van der Waals surface area (Å²) in [5.74, 6) is -2.35. The molecule has 2 bridgehead atoms. The van der Waals surface area contributed by atoms with Crippen molar-refractivity contribution in [3.8, 4) is 0 Å². The number of ether oxygens (including phenoxy) is 1. The molecule has 3 saturated heterocycles. The zero-order chi connectivity index (χ0) is 34.4. The Hall–Kier alpha value is -2.97. The van der Waals surface area contributed by atoms with Crippen molar-refractivity contribution < 1.29 is 24.2 Å². The van der Waals surface area contributed by atoms with Crippen LogP contribution in [-0.4, -0.2) is 81.1 Å². The third-order valence-electron chi connectivity index (χ3n) is 10.5. The largest absolute Gasteiger partial charge is 0.394 e. The van der Waals surface area contributed by atoms with Crippen molar-refractivity contribution in [3.05, 3.63) is 55.6 Å². The number of para-hydroxylation sites is 1. The van der Waals surface area contributed by atoms with Gasteiger partial charge in [0.25, 0.3) is 0 Å². The number of hydrogen-bond donors (Lipinski definition) is 1. The molecule has 1 aromatic rings. The lowest BCUT2D eigenvalue weighted by Gasteiger charge is -2.46. The summed E-state index contributed by atoms with van der Waals surface area (Å²) in [5.41, 5.74) is -2.12. The summed E-state index contributed by atoms with van der Waals surface area (Å²) in [7, 11) is 0. The van der Waals surface area contributed by atoms with E-state index in [2.05, 4.69) is 54.7 Å². The van der Waals surface area contributed by atoms with Gasteiger partial charge in [-0.05, 0) is 69.4 Å². The van der Waals surface area contributed by atoms with Crippen LogP contribution in [0.2, 0.25) is 0 Å². The summed E-state index contributed by atoms with van der Waals surface area (Å²) >= 11 is 0. The molecule has 3 aliphatic heterocycles. The first-order valence-corrected chi connectivity index (χ1v) is 16.9. The normalized spacial score (nSPS) is 29.5. The number of carbonyl (C=O) groups is 3. The number of hydrogen-bond acceptors (Lipinski definition) is 5. The molecule has 8 nitrogen and oxygen atoms in total. The molecule has 3 amide bonds. The average molecular weight is 636 g/mol. The number of aliphatic hydroxyl groups is 1. The third kappa shape index (κ3) is 6.08. The van der Waals surface area contributed by atoms with E-state index < -0.39 is 40.7 Å². The van der Waals surface area contributed by atoms with Crippen LogP contribution in [0.5, 0.6) is 0 Å². The van der Waals surface area contributed by atoms with E-state index in [0.717, 1.165) is 6.42 Å². The second-order valence-electron chi connectivity index (χ2n) is 16.3. The maximum absolute atomic E-state index is 15.2. The Balaban J connectivity index is 1.91. The van der Waals surface area contributed by atoms with E-state index in [1.165, 1.54) is 0 Å². The molecule has 3 fully saturated rings. The van der Waals surface area contributed by atoms with Gasteiger partial charge in [-0.25, -0.2) is 0 Å². The fourth-order valence-electron chi connectivity index (χ4n) is 9.08. The molecular formula is C38H57N3O5. The minimum Gasteiger partial charge on any atom is -0.394 e. The summed E-state index contributed by atoms with van der Waals surface area (Å²) < 4.78 is 7.07. The summed E-state index contributed by atoms with van der Waals surface area (Å²) in [6.07, 6.45) is 5.11. The van der Waals surface area contributed by atoms with E-state index in [1.807, 2.05) is 56.0 Å². The smallest absolute Gasteiger partial charge is 0.249 e. The first kappa shape index (κ1) is 35.9. The van der Waals surface area contributed by atoms with E-state index in [-0.39, 0.29) is 48.1 Å². The summed E-state index contributed by atoms with van der Waals surface area (Å²) in [4.78, 5) is 50.1. The zero-order valence-corrected chi connectivity index (χ0v) is 29.6. The van der Waals surface area contributed by atoms with Crippen molar-refractivity contribution in [2.24, 2.45) is 29.1 Å². The van der Waals surface area contributed by atoms with E-state index in [4.69, 9.17) is 4.74 Å². The van der Waals surface area contributed by atoms with Crippen molar-refractivity contribution in [1.82, 2.24) is 9.80 Å². The number of amides is 3. The molecule has 7 atom stereocenters. The topological polar surface area (TPSA) is 90.4 Å². The van der Waals surface area contributed by atoms with Gasteiger partial charge in [-0.1, -0.05) is 71.9 Å². The molecule has 0 saturated carbocycles. The number of aliphatic hydroxyl groups excluding tert-OH is 1. The fraction of sp³-hybridized carbons (Fsp3) is 0.658. The van der Waals surface area contributed by atoms with Gasteiger partial charge in [0.15, 0.2) is 0 Å². The molecule has 0 aromatic heterocycles. The van der Waals surface area contributed by atoms with Gasteiger partial charge in [0.05, 0.1) is 30.1 Å².